The zero-order valence-corrected chi connectivity index (χ0v) is 9.34. The molecule has 0 aliphatic rings. The van der Waals surface area contributed by atoms with E-state index < -0.39 is 0 Å². The zero-order chi connectivity index (χ0) is 9.42. The third-order valence-electron chi connectivity index (χ3n) is 1.81. The summed E-state index contributed by atoms with van der Waals surface area (Å²) in [6, 6.07) is 3.74. The summed E-state index contributed by atoms with van der Waals surface area (Å²) >= 11 is 11.9. The number of halogens is 1. The second-order valence-electron chi connectivity index (χ2n) is 2.60. The Hall–Kier alpha value is -0.380. The number of ether oxygens (including phenoxy) is 1. The maximum absolute atomic E-state index is 5.89. The van der Waals surface area contributed by atoms with E-state index in [1.54, 1.807) is 18.4 Å². The quantitative estimate of drug-likeness (QED) is 0.733. The first-order valence-corrected chi connectivity index (χ1v) is 5.36. The van der Waals surface area contributed by atoms with E-state index in [0.717, 1.165) is 20.7 Å². The van der Waals surface area contributed by atoms with Gasteiger partial charge >= 0.3 is 0 Å². The van der Waals surface area contributed by atoms with E-state index in [1.165, 1.54) is 0 Å². The van der Waals surface area contributed by atoms with Crippen molar-refractivity contribution in [2.24, 2.45) is 0 Å². The number of benzene rings is 1. The molecule has 0 atom stereocenters. The van der Waals surface area contributed by atoms with Gasteiger partial charge in [0.15, 0.2) is 0 Å². The van der Waals surface area contributed by atoms with Crippen molar-refractivity contribution in [2.45, 2.75) is 4.90 Å². The topological polar surface area (TPSA) is 9.23 Å². The SMILES string of the molecule is COc1csc2cc(Cl)cc(S)c12. The summed E-state index contributed by atoms with van der Waals surface area (Å²) in [6.45, 7) is 0. The van der Waals surface area contributed by atoms with Gasteiger partial charge in [0.1, 0.15) is 5.75 Å². The van der Waals surface area contributed by atoms with Gasteiger partial charge in [0.05, 0.1) is 7.11 Å². The molecule has 1 aromatic heterocycles. The van der Waals surface area contributed by atoms with Crippen molar-refractivity contribution >= 4 is 45.7 Å². The highest BCUT2D eigenvalue weighted by molar-refractivity contribution is 7.80. The second kappa shape index (κ2) is 3.40. The van der Waals surface area contributed by atoms with E-state index in [9.17, 15) is 0 Å². The summed E-state index contributed by atoms with van der Waals surface area (Å²) in [5.74, 6) is 0.863. The minimum atomic E-state index is 0.710. The summed E-state index contributed by atoms with van der Waals surface area (Å²) in [4.78, 5) is 0.862. The fourth-order valence-electron chi connectivity index (χ4n) is 1.23. The van der Waals surface area contributed by atoms with Crippen molar-refractivity contribution in [3.05, 3.63) is 22.5 Å². The lowest BCUT2D eigenvalue weighted by atomic mass is 10.2. The maximum atomic E-state index is 5.89. The van der Waals surface area contributed by atoms with E-state index in [4.69, 9.17) is 16.3 Å². The number of hydrogen-bond acceptors (Lipinski definition) is 3. The van der Waals surface area contributed by atoms with Crippen molar-refractivity contribution in [2.75, 3.05) is 7.11 Å². The lowest BCUT2D eigenvalue weighted by Crippen LogP contribution is -1.80. The molecule has 0 saturated carbocycles. The summed E-state index contributed by atoms with van der Waals surface area (Å²) < 4.78 is 6.31. The lowest BCUT2D eigenvalue weighted by Gasteiger charge is -2.00. The van der Waals surface area contributed by atoms with Crippen LogP contribution < -0.4 is 4.74 Å². The number of fused-ring (bicyclic) bond motifs is 1. The molecule has 0 saturated heterocycles. The molecule has 0 spiro atoms. The molecule has 1 nitrogen and oxygen atoms in total. The summed E-state index contributed by atoms with van der Waals surface area (Å²) in [5.41, 5.74) is 0. The van der Waals surface area contributed by atoms with Gasteiger partial charge in [0.25, 0.3) is 0 Å². The minimum Gasteiger partial charge on any atom is -0.495 e. The van der Waals surface area contributed by atoms with Gasteiger partial charge in [-0.2, -0.15) is 0 Å². The van der Waals surface area contributed by atoms with Crippen molar-refractivity contribution in [3.8, 4) is 5.75 Å². The van der Waals surface area contributed by atoms with Gasteiger partial charge in [-0.25, -0.2) is 0 Å². The van der Waals surface area contributed by atoms with Gasteiger partial charge in [-0.1, -0.05) is 11.6 Å². The largest absolute Gasteiger partial charge is 0.495 e. The first-order chi connectivity index (χ1) is 6.22. The highest BCUT2D eigenvalue weighted by Gasteiger charge is 2.08. The summed E-state index contributed by atoms with van der Waals surface area (Å²) in [6.07, 6.45) is 0. The van der Waals surface area contributed by atoms with Crippen LogP contribution in [-0.4, -0.2) is 7.11 Å². The van der Waals surface area contributed by atoms with E-state index in [0.29, 0.717) is 5.02 Å². The van der Waals surface area contributed by atoms with Crippen molar-refractivity contribution in [1.29, 1.82) is 0 Å². The molecule has 0 bridgehead atoms. The van der Waals surface area contributed by atoms with E-state index in [-0.39, 0.29) is 0 Å². The molecular formula is C9H7ClOS2. The number of methoxy groups -OCH3 is 1. The van der Waals surface area contributed by atoms with Crippen LogP contribution in [0.15, 0.2) is 22.4 Å². The van der Waals surface area contributed by atoms with Crippen LogP contribution in [0.1, 0.15) is 0 Å². The molecular weight excluding hydrogens is 224 g/mol. The third-order valence-corrected chi connectivity index (χ3v) is 3.28. The summed E-state index contributed by atoms with van der Waals surface area (Å²) in [5, 5.41) is 3.71. The van der Waals surface area contributed by atoms with E-state index in [1.807, 2.05) is 17.5 Å². The van der Waals surface area contributed by atoms with Crippen molar-refractivity contribution in [1.82, 2.24) is 0 Å². The number of rotatable bonds is 1. The van der Waals surface area contributed by atoms with Crippen LogP contribution in [0.5, 0.6) is 5.75 Å². The maximum Gasteiger partial charge on any atom is 0.138 e. The van der Waals surface area contributed by atoms with Crippen LogP contribution in [0, 0.1) is 0 Å². The molecule has 2 rings (SSSR count). The first-order valence-electron chi connectivity index (χ1n) is 3.66. The Morgan fingerprint density at radius 1 is 1.46 bits per heavy atom. The monoisotopic (exact) mass is 230 g/mol. The average molecular weight is 231 g/mol. The Morgan fingerprint density at radius 3 is 2.92 bits per heavy atom. The van der Waals surface area contributed by atoms with Gasteiger partial charge in [-0.05, 0) is 12.1 Å². The fourth-order valence-corrected chi connectivity index (χ4v) is 3.01. The Bertz CT molecular complexity index is 450. The Balaban J connectivity index is 2.82. The van der Waals surface area contributed by atoms with Crippen LogP contribution >= 0.6 is 35.6 Å². The normalized spacial score (nSPS) is 10.7. The Labute approximate surface area is 90.7 Å². The standard InChI is InChI=1S/C9H7ClOS2/c1-11-6-4-13-8-3-5(10)2-7(12)9(6)8/h2-4,12H,1H3. The Kier molecular flexibility index (Phi) is 2.41. The number of thiophene rings is 1. The predicted molar refractivity (Wildman–Crippen MR) is 60.6 cm³/mol. The van der Waals surface area contributed by atoms with Crippen LogP contribution in [0.25, 0.3) is 10.1 Å². The molecule has 0 fully saturated rings. The van der Waals surface area contributed by atoms with E-state index in [2.05, 4.69) is 12.6 Å². The third kappa shape index (κ3) is 1.52. The molecule has 4 heteroatoms. The first kappa shape index (κ1) is 9.19. The van der Waals surface area contributed by atoms with Crippen molar-refractivity contribution in [3.63, 3.8) is 0 Å². The van der Waals surface area contributed by atoms with Crippen LogP contribution in [0.3, 0.4) is 0 Å². The predicted octanol–water partition coefficient (Wildman–Crippen LogP) is 3.85. The van der Waals surface area contributed by atoms with Gasteiger partial charge in [-0.3, -0.25) is 0 Å². The Morgan fingerprint density at radius 2 is 2.23 bits per heavy atom. The lowest BCUT2D eigenvalue weighted by molar-refractivity contribution is 0.421. The van der Waals surface area contributed by atoms with Crippen LogP contribution in [-0.2, 0) is 0 Å². The molecule has 68 valence electrons. The summed E-state index contributed by atoms with van der Waals surface area (Å²) in [7, 11) is 1.66. The molecule has 2 aromatic rings. The zero-order valence-electron chi connectivity index (χ0n) is 6.87. The van der Waals surface area contributed by atoms with Gasteiger partial charge in [0, 0.05) is 25.4 Å². The smallest absolute Gasteiger partial charge is 0.138 e. The average Bonchev–Trinajstić information content (AvgIpc) is 2.47. The molecule has 0 radical (unpaired) electrons. The molecule has 0 N–H and O–H groups in total. The van der Waals surface area contributed by atoms with E-state index >= 15 is 0 Å². The molecule has 0 aliphatic heterocycles. The van der Waals surface area contributed by atoms with Gasteiger partial charge in [0.2, 0.25) is 0 Å². The van der Waals surface area contributed by atoms with Gasteiger partial charge < -0.3 is 4.74 Å². The fraction of sp³-hybridized carbons (Fsp3) is 0.111. The molecule has 13 heavy (non-hydrogen) atoms. The van der Waals surface area contributed by atoms with Crippen molar-refractivity contribution < 1.29 is 4.74 Å². The molecule has 1 aromatic carbocycles. The molecule has 1 heterocycles. The minimum absolute atomic E-state index is 0.710. The second-order valence-corrected chi connectivity index (χ2v) is 4.43. The molecule has 0 unspecified atom stereocenters. The number of hydrogen-bond donors (Lipinski definition) is 1. The number of thiol groups is 1. The molecule has 0 amide bonds. The van der Waals surface area contributed by atoms with Gasteiger partial charge in [-0.15, -0.1) is 24.0 Å². The molecule has 0 aliphatic carbocycles. The highest BCUT2D eigenvalue weighted by Crippen LogP contribution is 2.38. The van der Waals surface area contributed by atoms with Crippen LogP contribution in [0.4, 0.5) is 0 Å². The highest BCUT2D eigenvalue weighted by atomic mass is 35.5. The van der Waals surface area contributed by atoms with Crippen LogP contribution in [0.2, 0.25) is 5.02 Å².